The van der Waals surface area contributed by atoms with E-state index in [0.717, 1.165) is 37.9 Å². The second kappa shape index (κ2) is 6.89. The highest BCUT2D eigenvalue weighted by Gasteiger charge is 2.24. The van der Waals surface area contributed by atoms with Crippen LogP contribution in [0.4, 0.5) is 10.2 Å². The van der Waals surface area contributed by atoms with Gasteiger partial charge in [0, 0.05) is 25.5 Å². The van der Waals surface area contributed by atoms with Gasteiger partial charge in [-0.1, -0.05) is 12.1 Å². The summed E-state index contributed by atoms with van der Waals surface area (Å²) in [6.45, 7) is 1.53. The molecule has 0 radical (unpaired) electrons. The number of benzene rings is 1. The van der Waals surface area contributed by atoms with E-state index >= 15 is 0 Å². The zero-order chi connectivity index (χ0) is 17.2. The van der Waals surface area contributed by atoms with Crippen LogP contribution in [-0.2, 0) is 16.3 Å². The molecule has 0 unspecified atom stereocenters. The molecular formula is C18H21FN2O2S. The van der Waals surface area contributed by atoms with Gasteiger partial charge in [0.1, 0.15) is 16.5 Å². The summed E-state index contributed by atoms with van der Waals surface area (Å²) in [6.07, 6.45) is 5.58. The van der Waals surface area contributed by atoms with Crippen molar-refractivity contribution in [2.45, 2.75) is 24.2 Å². The number of anilines is 1. The summed E-state index contributed by atoms with van der Waals surface area (Å²) in [6, 6.07) is 10.0. The molecule has 1 saturated heterocycles. The van der Waals surface area contributed by atoms with Crippen LogP contribution < -0.4 is 4.90 Å². The van der Waals surface area contributed by atoms with Crippen molar-refractivity contribution in [3.05, 3.63) is 54.0 Å². The van der Waals surface area contributed by atoms with Crippen molar-refractivity contribution in [1.82, 2.24) is 4.98 Å². The summed E-state index contributed by atoms with van der Waals surface area (Å²) in [5.74, 6) is 0.828. The molecule has 0 amide bonds. The molecule has 2 heterocycles. The van der Waals surface area contributed by atoms with Crippen molar-refractivity contribution in [3.63, 3.8) is 0 Å². The number of hydrogen-bond acceptors (Lipinski definition) is 4. The molecule has 0 N–H and O–H groups in total. The minimum Gasteiger partial charge on any atom is -0.356 e. The number of hydrogen-bond donors (Lipinski definition) is 0. The molecule has 0 saturated carbocycles. The van der Waals surface area contributed by atoms with Gasteiger partial charge in [-0.25, -0.2) is 17.8 Å². The molecule has 1 aromatic heterocycles. The lowest BCUT2D eigenvalue weighted by Crippen LogP contribution is -2.35. The van der Waals surface area contributed by atoms with Crippen LogP contribution in [0.15, 0.2) is 47.5 Å². The second-order valence-corrected chi connectivity index (χ2v) is 8.35. The molecule has 3 rings (SSSR count). The Bertz CT molecular complexity index is 815. The smallest absolute Gasteiger partial charge is 0.179 e. The molecule has 6 heteroatoms. The lowest BCUT2D eigenvalue weighted by atomic mass is 9.90. The Morgan fingerprint density at radius 3 is 2.62 bits per heavy atom. The average Bonchev–Trinajstić information content (AvgIpc) is 2.55. The van der Waals surface area contributed by atoms with E-state index in [0.29, 0.717) is 11.7 Å². The van der Waals surface area contributed by atoms with Crippen LogP contribution in [0.25, 0.3) is 0 Å². The topological polar surface area (TPSA) is 50.3 Å². The molecule has 1 fully saturated rings. The van der Waals surface area contributed by atoms with Gasteiger partial charge >= 0.3 is 0 Å². The fourth-order valence-electron chi connectivity index (χ4n) is 3.26. The van der Waals surface area contributed by atoms with Crippen molar-refractivity contribution >= 4 is 15.7 Å². The van der Waals surface area contributed by atoms with E-state index in [1.807, 2.05) is 11.0 Å². The van der Waals surface area contributed by atoms with Gasteiger partial charge in [-0.3, -0.25) is 0 Å². The molecule has 0 spiro atoms. The summed E-state index contributed by atoms with van der Waals surface area (Å²) in [4.78, 5) is 6.61. The molecule has 1 aliphatic rings. The normalized spacial score (nSPS) is 16.3. The van der Waals surface area contributed by atoms with Gasteiger partial charge in [0.2, 0.25) is 0 Å². The van der Waals surface area contributed by atoms with Gasteiger partial charge in [-0.2, -0.15) is 0 Å². The molecule has 0 atom stereocenters. The number of nitrogens with zero attached hydrogens (tertiary/aromatic N) is 2. The largest absolute Gasteiger partial charge is 0.356 e. The first-order valence-corrected chi connectivity index (χ1v) is 9.97. The first-order valence-electron chi connectivity index (χ1n) is 8.08. The Labute approximate surface area is 142 Å². The molecule has 128 valence electrons. The monoisotopic (exact) mass is 348 g/mol. The first-order chi connectivity index (χ1) is 11.4. The van der Waals surface area contributed by atoms with E-state index in [4.69, 9.17) is 0 Å². The Morgan fingerprint density at radius 1 is 1.21 bits per heavy atom. The highest BCUT2D eigenvalue weighted by molar-refractivity contribution is 7.90. The number of rotatable bonds is 4. The number of aromatic nitrogens is 1. The van der Waals surface area contributed by atoms with Crippen LogP contribution in [0.5, 0.6) is 0 Å². The van der Waals surface area contributed by atoms with Crippen LogP contribution >= 0.6 is 0 Å². The van der Waals surface area contributed by atoms with Gasteiger partial charge in [-0.15, -0.1) is 0 Å². The maximum atomic E-state index is 13.3. The van der Waals surface area contributed by atoms with Gasteiger partial charge in [0.25, 0.3) is 0 Å². The van der Waals surface area contributed by atoms with E-state index < -0.39 is 9.84 Å². The predicted molar refractivity (Wildman–Crippen MR) is 92.4 cm³/mol. The quantitative estimate of drug-likeness (QED) is 0.852. The third-order valence-electron chi connectivity index (χ3n) is 4.48. The standard InChI is InChI=1S/C18H21FN2O2S/c1-24(22,23)17-6-3-9-20-18(17)21-10-7-14(8-11-21)12-15-4-2-5-16(19)13-15/h2-6,9,13-14H,7-8,10-12H2,1H3. The fourth-order valence-corrected chi connectivity index (χ4v) is 4.09. The van der Waals surface area contributed by atoms with Crippen LogP contribution in [0.3, 0.4) is 0 Å². The molecule has 2 aromatic rings. The highest BCUT2D eigenvalue weighted by atomic mass is 32.2. The van der Waals surface area contributed by atoms with Gasteiger partial charge in [-0.05, 0) is 55.0 Å². The zero-order valence-electron chi connectivity index (χ0n) is 13.7. The summed E-state index contributed by atoms with van der Waals surface area (Å²) < 4.78 is 37.2. The van der Waals surface area contributed by atoms with Crippen LogP contribution in [0.1, 0.15) is 18.4 Å². The summed E-state index contributed by atoms with van der Waals surface area (Å²) in [5, 5.41) is 0. The van der Waals surface area contributed by atoms with Crippen molar-refractivity contribution in [3.8, 4) is 0 Å². The van der Waals surface area contributed by atoms with Crippen molar-refractivity contribution in [1.29, 1.82) is 0 Å². The van der Waals surface area contributed by atoms with Crippen molar-refractivity contribution in [2.24, 2.45) is 5.92 Å². The Morgan fingerprint density at radius 2 is 1.96 bits per heavy atom. The van der Waals surface area contributed by atoms with E-state index in [1.54, 1.807) is 30.5 Å². The van der Waals surface area contributed by atoms with Gasteiger partial charge in [0.05, 0.1) is 0 Å². The third kappa shape index (κ3) is 3.93. The third-order valence-corrected chi connectivity index (χ3v) is 5.60. The summed E-state index contributed by atoms with van der Waals surface area (Å²) in [7, 11) is -3.30. The number of pyridine rings is 1. The average molecular weight is 348 g/mol. The predicted octanol–water partition coefficient (Wildman–Crippen LogP) is 3.08. The minimum absolute atomic E-state index is 0.198. The highest BCUT2D eigenvalue weighted by Crippen LogP contribution is 2.28. The number of piperidine rings is 1. The lowest BCUT2D eigenvalue weighted by molar-refractivity contribution is 0.400. The summed E-state index contributed by atoms with van der Waals surface area (Å²) in [5.41, 5.74) is 1.02. The van der Waals surface area contributed by atoms with Crippen molar-refractivity contribution < 1.29 is 12.8 Å². The molecule has 0 aliphatic carbocycles. The maximum Gasteiger partial charge on any atom is 0.179 e. The zero-order valence-corrected chi connectivity index (χ0v) is 14.5. The van der Waals surface area contributed by atoms with E-state index in [2.05, 4.69) is 4.98 Å². The van der Waals surface area contributed by atoms with E-state index in [-0.39, 0.29) is 10.7 Å². The Hall–Kier alpha value is -1.95. The molecular weight excluding hydrogens is 327 g/mol. The Balaban J connectivity index is 1.68. The molecule has 24 heavy (non-hydrogen) atoms. The van der Waals surface area contributed by atoms with Gasteiger partial charge < -0.3 is 4.90 Å². The second-order valence-electron chi connectivity index (χ2n) is 6.36. The van der Waals surface area contributed by atoms with Crippen LogP contribution in [-0.4, -0.2) is 32.7 Å². The molecule has 1 aromatic carbocycles. The first kappa shape index (κ1) is 16.9. The van der Waals surface area contributed by atoms with Crippen LogP contribution in [0.2, 0.25) is 0 Å². The van der Waals surface area contributed by atoms with E-state index in [1.165, 1.54) is 12.3 Å². The minimum atomic E-state index is -3.30. The SMILES string of the molecule is CS(=O)(=O)c1cccnc1N1CCC(Cc2cccc(F)c2)CC1. The fraction of sp³-hybridized carbons (Fsp3) is 0.389. The lowest BCUT2D eigenvalue weighted by Gasteiger charge is -2.33. The van der Waals surface area contributed by atoms with Crippen molar-refractivity contribution in [2.75, 3.05) is 24.2 Å². The van der Waals surface area contributed by atoms with E-state index in [9.17, 15) is 12.8 Å². The summed E-state index contributed by atoms with van der Waals surface area (Å²) >= 11 is 0. The Kier molecular flexibility index (Phi) is 4.85. The molecule has 0 bridgehead atoms. The number of halogens is 1. The number of sulfone groups is 1. The molecule has 1 aliphatic heterocycles. The molecule has 4 nitrogen and oxygen atoms in total. The van der Waals surface area contributed by atoms with Crippen LogP contribution in [0, 0.1) is 11.7 Å². The van der Waals surface area contributed by atoms with Gasteiger partial charge in [0.15, 0.2) is 9.84 Å². The maximum absolute atomic E-state index is 13.3.